The second-order valence-corrected chi connectivity index (χ2v) is 6.15. The quantitative estimate of drug-likeness (QED) is 0.762. The zero-order valence-corrected chi connectivity index (χ0v) is 15.0. The highest BCUT2D eigenvalue weighted by Crippen LogP contribution is 2.17. The van der Waals surface area contributed by atoms with E-state index < -0.39 is 18.0 Å². The van der Waals surface area contributed by atoms with Gasteiger partial charge in [-0.05, 0) is 44.2 Å². The summed E-state index contributed by atoms with van der Waals surface area (Å²) in [6.45, 7) is 3.21. The number of amides is 1. The molecule has 0 heterocycles. The Labute approximate surface area is 149 Å². The predicted molar refractivity (Wildman–Crippen MR) is 95.0 cm³/mol. The van der Waals surface area contributed by atoms with Crippen molar-refractivity contribution in [3.8, 4) is 5.75 Å². The van der Waals surface area contributed by atoms with Crippen molar-refractivity contribution in [1.82, 2.24) is 0 Å². The fourth-order valence-electron chi connectivity index (χ4n) is 1.86. The maximum Gasteiger partial charge on any atom is 0.344 e. The number of nitrogens with one attached hydrogen (secondary N) is 1. The highest BCUT2D eigenvalue weighted by Gasteiger charge is 2.18. The molecule has 0 unspecified atom stereocenters. The molecule has 0 saturated heterocycles. The van der Waals surface area contributed by atoms with Crippen LogP contribution in [0.4, 0.5) is 5.69 Å². The summed E-state index contributed by atoms with van der Waals surface area (Å²) in [7, 11) is 0. The first kappa shape index (κ1) is 18.0. The van der Waals surface area contributed by atoms with Crippen LogP contribution in [0.25, 0.3) is 0 Å². The van der Waals surface area contributed by atoms with E-state index in [1.165, 1.54) is 6.92 Å². The van der Waals surface area contributed by atoms with Crippen LogP contribution in [0.15, 0.2) is 53.0 Å². The van der Waals surface area contributed by atoms with E-state index in [2.05, 4.69) is 21.2 Å². The average molecular weight is 392 g/mol. The van der Waals surface area contributed by atoms with Gasteiger partial charge in [-0.3, -0.25) is 4.79 Å². The van der Waals surface area contributed by atoms with Gasteiger partial charge in [0.25, 0.3) is 5.91 Å². The van der Waals surface area contributed by atoms with Crippen LogP contribution in [-0.4, -0.2) is 24.6 Å². The molecule has 0 aliphatic rings. The number of esters is 1. The second-order valence-electron chi connectivity index (χ2n) is 5.23. The van der Waals surface area contributed by atoms with Gasteiger partial charge in [0.15, 0.2) is 12.7 Å². The van der Waals surface area contributed by atoms with Crippen molar-refractivity contribution in [3.63, 3.8) is 0 Å². The SMILES string of the molecule is Cc1ccc(NC(=O)[C@@H](C)OC(=O)COc2cccc(Br)c2)cc1. The third-order valence-electron chi connectivity index (χ3n) is 3.15. The van der Waals surface area contributed by atoms with Gasteiger partial charge in [-0.15, -0.1) is 0 Å². The van der Waals surface area contributed by atoms with E-state index >= 15 is 0 Å². The number of rotatable bonds is 6. The van der Waals surface area contributed by atoms with Gasteiger partial charge in [0.2, 0.25) is 0 Å². The van der Waals surface area contributed by atoms with Gasteiger partial charge < -0.3 is 14.8 Å². The number of halogens is 1. The number of carbonyl (C=O) groups excluding carboxylic acids is 2. The lowest BCUT2D eigenvalue weighted by atomic mass is 10.2. The van der Waals surface area contributed by atoms with Gasteiger partial charge in [0.1, 0.15) is 5.75 Å². The van der Waals surface area contributed by atoms with E-state index in [1.807, 2.05) is 25.1 Å². The van der Waals surface area contributed by atoms with Crippen LogP contribution in [0.1, 0.15) is 12.5 Å². The summed E-state index contributed by atoms with van der Waals surface area (Å²) in [6.07, 6.45) is -0.912. The third-order valence-corrected chi connectivity index (χ3v) is 3.64. The molecule has 0 aliphatic heterocycles. The number of aryl methyl sites for hydroxylation is 1. The van der Waals surface area contributed by atoms with Crippen molar-refractivity contribution in [2.45, 2.75) is 20.0 Å². The molecule has 0 fully saturated rings. The zero-order valence-electron chi connectivity index (χ0n) is 13.4. The lowest BCUT2D eigenvalue weighted by molar-refractivity contribution is -0.155. The van der Waals surface area contributed by atoms with Crippen molar-refractivity contribution >= 4 is 33.5 Å². The van der Waals surface area contributed by atoms with E-state index in [0.29, 0.717) is 11.4 Å². The Kier molecular flexibility index (Phi) is 6.37. The first-order valence-corrected chi connectivity index (χ1v) is 8.19. The third kappa shape index (κ3) is 5.70. The molecular formula is C18H18BrNO4. The molecule has 1 atom stereocenters. The van der Waals surface area contributed by atoms with Crippen molar-refractivity contribution in [2.75, 3.05) is 11.9 Å². The van der Waals surface area contributed by atoms with Gasteiger partial charge >= 0.3 is 5.97 Å². The van der Waals surface area contributed by atoms with E-state index in [-0.39, 0.29) is 6.61 Å². The van der Waals surface area contributed by atoms with Crippen molar-refractivity contribution in [1.29, 1.82) is 0 Å². The van der Waals surface area contributed by atoms with Gasteiger partial charge in [0, 0.05) is 10.2 Å². The van der Waals surface area contributed by atoms with E-state index in [0.717, 1.165) is 10.0 Å². The number of benzene rings is 2. The van der Waals surface area contributed by atoms with E-state index in [1.54, 1.807) is 30.3 Å². The molecular weight excluding hydrogens is 374 g/mol. The molecule has 24 heavy (non-hydrogen) atoms. The monoisotopic (exact) mass is 391 g/mol. The summed E-state index contributed by atoms with van der Waals surface area (Å²) in [5.41, 5.74) is 1.75. The van der Waals surface area contributed by atoms with E-state index in [9.17, 15) is 9.59 Å². The van der Waals surface area contributed by atoms with Crippen LogP contribution < -0.4 is 10.1 Å². The summed E-state index contributed by atoms with van der Waals surface area (Å²) in [5, 5.41) is 2.69. The lowest BCUT2D eigenvalue weighted by Crippen LogP contribution is -2.31. The fraction of sp³-hybridized carbons (Fsp3) is 0.222. The first-order valence-electron chi connectivity index (χ1n) is 7.39. The molecule has 2 aromatic rings. The zero-order chi connectivity index (χ0) is 17.5. The molecule has 126 valence electrons. The average Bonchev–Trinajstić information content (AvgIpc) is 2.55. The van der Waals surface area contributed by atoms with Crippen molar-refractivity contribution < 1.29 is 19.1 Å². The molecule has 0 aliphatic carbocycles. The minimum atomic E-state index is -0.912. The minimum Gasteiger partial charge on any atom is -0.482 e. The molecule has 1 amide bonds. The van der Waals surface area contributed by atoms with Gasteiger partial charge in [0.05, 0.1) is 0 Å². The topological polar surface area (TPSA) is 64.6 Å². The molecule has 2 aromatic carbocycles. The number of hydrogen-bond donors (Lipinski definition) is 1. The molecule has 1 N–H and O–H groups in total. The summed E-state index contributed by atoms with van der Waals surface area (Å²) >= 11 is 3.32. The number of hydrogen-bond acceptors (Lipinski definition) is 4. The van der Waals surface area contributed by atoms with Crippen molar-refractivity contribution in [2.24, 2.45) is 0 Å². The molecule has 0 bridgehead atoms. The molecule has 0 saturated carbocycles. The van der Waals surface area contributed by atoms with Crippen LogP contribution >= 0.6 is 15.9 Å². The molecule has 5 nitrogen and oxygen atoms in total. The molecule has 0 radical (unpaired) electrons. The van der Waals surface area contributed by atoms with Gasteiger partial charge in [-0.25, -0.2) is 4.79 Å². The maximum atomic E-state index is 12.0. The van der Waals surface area contributed by atoms with Gasteiger partial charge in [-0.2, -0.15) is 0 Å². The highest BCUT2D eigenvalue weighted by atomic mass is 79.9. The van der Waals surface area contributed by atoms with Gasteiger partial charge in [-0.1, -0.05) is 39.7 Å². The van der Waals surface area contributed by atoms with Crippen molar-refractivity contribution in [3.05, 3.63) is 58.6 Å². The Morgan fingerprint density at radius 2 is 1.88 bits per heavy atom. The van der Waals surface area contributed by atoms with Crippen LogP contribution in [0.3, 0.4) is 0 Å². The highest BCUT2D eigenvalue weighted by molar-refractivity contribution is 9.10. The number of anilines is 1. The number of carbonyl (C=O) groups is 2. The molecule has 2 rings (SSSR count). The fourth-order valence-corrected chi connectivity index (χ4v) is 2.24. The smallest absolute Gasteiger partial charge is 0.344 e. The summed E-state index contributed by atoms with van der Waals surface area (Å²) in [4.78, 5) is 23.8. The summed E-state index contributed by atoms with van der Waals surface area (Å²) in [5.74, 6) is -0.464. The largest absolute Gasteiger partial charge is 0.482 e. The molecule has 0 aromatic heterocycles. The Balaban J connectivity index is 1.80. The van der Waals surface area contributed by atoms with Crippen LogP contribution in [0.2, 0.25) is 0 Å². The van der Waals surface area contributed by atoms with Crippen LogP contribution in [0, 0.1) is 6.92 Å². The Morgan fingerprint density at radius 1 is 1.17 bits per heavy atom. The Hall–Kier alpha value is -2.34. The summed E-state index contributed by atoms with van der Waals surface area (Å²) in [6, 6.07) is 14.5. The Bertz CT molecular complexity index is 715. The molecule has 0 spiro atoms. The first-order chi connectivity index (χ1) is 11.4. The predicted octanol–water partition coefficient (Wildman–Crippen LogP) is 3.71. The normalized spacial score (nSPS) is 11.5. The minimum absolute atomic E-state index is 0.265. The lowest BCUT2D eigenvalue weighted by Gasteiger charge is -2.14. The van der Waals surface area contributed by atoms with Crippen LogP contribution in [0.5, 0.6) is 5.75 Å². The maximum absolute atomic E-state index is 12.0. The number of ether oxygens (including phenoxy) is 2. The van der Waals surface area contributed by atoms with E-state index in [4.69, 9.17) is 9.47 Å². The summed E-state index contributed by atoms with van der Waals surface area (Å²) < 4.78 is 11.2. The second kappa shape index (κ2) is 8.49. The Morgan fingerprint density at radius 3 is 2.54 bits per heavy atom. The molecule has 6 heteroatoms. The van der Waals surface area contributed by atoms with Crippen LogP contribution in [-0.2, 0) is 14.3 Å². The standard InChI is InChI=1S/C18H18BrNO4/c1-12-6-8-15(9-7-12)20-18(22)13(2)24-17(21)11-23-16-5-3-4-14(19)10-16/h3-10,13H,11H2,1-2H3,(H,20,22)/t13-/m1/s1.